The second-order valence-electron chi connectivity index (χ2n) is 5.38. The van der Waals surface area contributed by atoms with Crippen molar-refractivity contribution >= 4 is 21.6 Å². The third kappa shape index (κ3) is 4.36. The van der Waals surface area contributed by atoms with E-state index in [9.17, 15) is 22.0 Å². The highest BCUT2D eigenvalue weighted by Crippen LogP contribution is 2.17. The van der Waals surface area contributed by atoms with Crippen LogP contribution in [0.4, 0.5) is 14.5 Å². The summed E-state index contributed by atoms with van der Waals surface area (Å²) < 4.78 is 53.1. The Kier molecular flexibility index (Phi) is 5.30. The van der Waals surface area contributed by atoms with E-state index in [1.54, 1.807) is 13.8 Å². The molecule has 2 N–H and O–H groups in total. The van der Waals surface area contributed by atoms with Crippen LogP contribution in [0.15, 0.2) is 47.4 Å². The van der Waals surface area contributed by atoms with E-state index in [4.69, 9.17) is 0 Å². The van der Waals surface area contributed by atoms with Crippen LogP contribution in [-0.4, -0.2) is 20.4 Å². The molecule has 0 aromatic heterocycles. The van der Waals surface area contributed by atoms with Crippen molar-refractivity contribution in [1.82, 2.24) is 4.72 Å². The fourth-order valence-corrected chi connectivity index (χ4v) is 3.22. The van der Waals surface area contributed by atoms with Gasteiger partial charge in [0.25, 0.3) is 5.91 Å². The van der Waals surface area contributed by atoms with Crippen molar-refractivity contribution in [3.05, 3.63) is 59.7 Å². The topological polar surface area (TPSA) is 75.3 Å². The molecule has 0 atom stereocenters. The smallest absolute Gasteiger partial charge is 0.258 e. The molecule has 24 heavy (non-hydrogen) atoms. The number of carbonyl (C=O) groups excluding carboxylic acids is 1. The molecular formula is C16H16F2N2O3S. The Balaban J connectivity index is 2.17. The van der Waals surface area contributed by atoms with Crippen LogP contribution >= 0.6 is 0 Å². The largest absolute Gasteiger partial charge is 0.322 e. The van der Waals surface area contributed by atoms with Gasteiger partial charge in [-0.25, -0.2) is 21.9 Å². The fraction of sp³-hybridized carbons (Fsp3) is 0.188. The van der Waals surface area contributed by atoms with Crippen LogP contribution in [0.5, 0.6) is 0 Å². The summed E-state index contributed by atoms with van der Waals surface area (Å²) in [5, 5.41) is 2.38. The van der Waals surface area contributed by atoms with Crippen molar-refractivity contribution in [2.24, 2.45) is 0 Å². The van der Waals surface area contributed by atoms with Gasteiger partial charge in [-0.15, -0.1) is 0 Å². The lowest BCUT2D eigenvalue weighted by molar-refractivity contribution is 0.102. The van der Waals surface area contributed by atoms with E-state index < -0.39 is 33.1 Å². The third-order valence-electron chi connectivity index (χ3n) is 2.99. The number of amides is 1. The first kappa shape index (κ1) is 18.0. The maximum absolute atomic E-state index is 13.5. The highest BCUT2D eigenvalue weighted by atomic mass is 32.2. The Labute approximate surface area is 138 Å². The molecule has 0 fully saturated rings. The predicted octanol–water partition coefficient (Wildman–Crippen LogP) is 2.90. The van der Waals surface area contributed by atoms with Gasteiger partial charge in [-0.05, 0) is 56.3 Å². The zero-order valence-corrected chi connectivity index (χ0v) is 13.8. The Morgan fingerprint density at radius 3 is 2.25 bits per heavy atom. The van der Waals surface area contributed by atoms with E-state index in [1.165, 1.54) is 24.3 Å². The summed E-state index contributed by atoms with van der Waals surface area (Å²) in [5.41, 5.74) is -0.180. The Morgan fingerprint density at radius 2 is 1.67 bits per heavy atom. The molecule has 0 spiro atoms. The molecule has 0 saturated heterocycles. The molecule has 0 aliphatic rings. The number of sulfonamides is 1. The maximum Gasteiger partial charge on any atom is 0.258 e. The van der Waals surface area contributed by atoms with Gasteiger partial charge in [0.1, 0.15) is 11.6 Å². The zero-order valence-electron chi connectivity index (χ0n) is 13.0. The van der Waals surface area contributed by atoms with E-state index in [1.807, 2.05) is 0 Å². The highest BCUT2D eigenvalue weighted by molar-refractivity contribution is 7.89. The molecule has 5 nitrogen and oxygen atoms in total. The minimum absolute atomic E-state index is 0.0335. The van der Waals surface area contributed by atoms with Crippen molar-refractivity contribution in [3.63, 3.8) is 0 Å². The quantitative estimate of drug-likeness (QED) is 0.867. The second kappa shape index (κ2) is 7.06. The van der Waals surface area contributed by atoms with Crippen molar-refractivity contribution in [3.8, 4) is 0 Å². The SMILES string of the molecule is CC(C)NS(=O)(=O)c1ccc(NC(=O)c2cc(F)ccc2F)cc1. The summed E-state index contributed by atoms with van der Waals surface area (Å²) in [6, 6.07) is 7.64. The first-order chi connectivity index (χ1) is 11.2. The second-order valence-corrected chi connectivity index (χ2v) is 7.09. The minimum Gasteiger partial charge on any atom is -0.322 e. The zero-order chi connectivity index (χ0) is 17.9. The molecule has 0 aliphatic carbocycles. The van der Waals surface area contributed by atoms with E-state index in [0.29, 0.717) is 0 Å². The molecule has 128 valence electrons. The van der Waals surface area contributed by atoms with Gasteiger partial charge in [0.2, 0.25) is 10.0 Å². The monoisotopic (exact) mass is 354 g/mol. The number of hydrogen-bond acceptors (Lipinski definition) is 3. The molecule has 0 unspecified atom stereocenters. The molecular weight excluding hydrogens is 338 g/mol. The number of anilines is 1. The molecule has 1 amide bonds. The van der Waals surface area contributed by atoms with Crippen molar-refractivity contribution < 1.29 is 22.0 Å². The third-order valence-corrected chi connectivity index (χ3v) is 4.66. The molecule has 0 radical (unpaired) electrons. The maximum atomic E-state index is 13.5. The average molecular weight is 354 g/mol. The van der Waals surface area contributed by atoms with Gasteiger partial charge in [-0.1, -0.05) is 0 Å². The van der Waals surface area contributed by atoms with E-state index in [0.717, 1.165) is 18.2 Å². The molecule has 0 bridgehead atoms. The van der Waals surface area contributed by atoms with Gasteiger partial charge in [0.15, 0.2) is 0 Å². The van der Waals surface area contributed by atoms with E-state index in [-0.39, 0.29) is 16.6 Å². The normalized spacial score (nSPS) is 11.5. The van der Waals surface area contributed by atoms with Gasteiger partial charge in [0.05, 0.1) is 10.5 Å². The molecule has 2 rings (SSSR count). The number of carbonyl (C=O) groups is 1. The van der Waals surface area contributed by atoms with Crippen molar-refractivity contribution in [1.29, 1.82) is 0 Å². The lowest BCUT2D eigenvalue weighted by Gasteiger charge is -2.10. The Hall–Kier alpha value is -2.32. The van der Waals surface area contributed by atoms with Gasteiger partial charge < -0.3 is 5.32 Å². The summed E-state index contributed by atoms with van der Waals surface area (Å²) >= 11 is 0. The van der Waals surface area contributed by atoms with Crippen molar-refractivity contribution in [2.45, 2.75) is 24.8 Å². The Morgan fingerprint density at radius 1 is 1.04 bits per heavy atom. The number of nitrogens with one attached hydrogen (secondary N) is 2. The minimum atomic E-state index is -3.64. The van der Waals surface area contributed by atoms with E-state index in [2.05, 4.69) is 10.0 Å². The van der Waals surface area contributed by atoms with Crippen LogP contribution in [0.1, 0.15) is 24.2 Å². The average Bonchev–Trinajstić information content (AvgIpc) is 2.49. The molecule has 2 aromatic carbocycles. The fourth-order valence-electron chi connectivity index (χ4n) is 1.97. The van der Waals surface area contributed by atoms with Crippen LogP contribution < -0.4 is 10.0 Å². The number of rotatable bonds is 5. The molecule has 0 saturated carbocycles. The van der Waals surface area contributed by atoms with Crippen LogP contribution in [0.25, 0.3) is 0 Å². The summed E-state index contributed by atoms with van der Waals surface area (Å²) in [6.07, 6.45) is 0. The predicted molar refractivity (Wildman–Crippen MR) is 86.2 cm³/mol. The molecule has 2 aromatic rings. The molecule has 0 heterocycles. The number of hydrogen-bond donors (Lipinski definition) is 2. The summed E-state index contributed by atoms with van der Waals surface area (Å²) in [6.45, 7) is 3.39. The number of halogens is 2. The summed E-state index contributed by atoms with van der Waals surface area (Å²) in [7, 11) is -3.64. The summed E-state index contributed by atoms with van der Waals surface area (Å²) in [4.78, 5) is 12.0. The van der Waals surface area contributed by atoms with Crippen LogP contribution in [0, 0.1) is 11.6 Å². The van der Waals surface area contributed by atoms with Crippen molar-refractivity contribution in [2.75, 3.05) is 5.32 Å². The van der Waals surface area contributed by atoms with Crippen LogP contribution in [0.2, 0.25) is 0 Å². The molecule has 8 heteroatoms. The first-order valence-corrected chi connectivity index (χ1v) is 8.56. The first-order valence-electron chi connectivity index (χ1n) is 7.08. The Bertz CT molecular complexity index is 850. The van der Waals surface area contributed by atoms with Crippen LogP contribution in [-0.2, 0) is 10.0 Å². The van der Waals surface area contributed by atoms with Gasteiger partial charge in [0, 0.05) is 11.7 Å². The number of benzene rings is 2. The van der Waals surface area contributed by atoms with Gasteiger partial charge >= 0.3 is 0 Å². The summed E-state index contributed by atoms with van der Waals surface area (Å²) in [5.74, 6) is -2.42. The molecule has 0 aliphatic heterocycles. The van der Waals surface area contributed by atoms with E-state index >= 15 is 0 Å². The highest BCUT2D eigenvalue weighted by Gasteiger charge is 2.16. The standard InChI is InChI=1S/C16H16F2N2O3S/c1-10(2)20-24(22,23)13-6-4-12(5-7-13)19-16(21)14-9-11(17)3-8-15(14)18/h3-10,20H,1-2H3,(H,19,21). The van der Waals surface area contributed by atoms with Crippen LogP contribution in [0.3, 0.4) is 0 Å². The lowest BCUT2D eigenvalue weighted by atomic mass is 10.2. The van der Waals surface area contributed by atoms with Gasteiger partial charge in [-0.2, -0.15) is 0 Å². The van der Waals surface area contributed by atoms with Gasteiger partial charge in [-0.3, -0.25) is 4.79 Å². The lowest BCUT2D eigenvalue weighted by Crippen LogP contribution is -2.30.